The SMILES string of the molecule is CC(F)(F)CC[C@@H]1CN(c2ccc(F)cc2)c2cc(C(F)(F)F)c(OCC3(C(=O)O)CCC(F)(F)CC3)cc2S(=O)(=O)[C@@H]1F. The molecule has 1 aliphatic carbocycles. The van der Waals surface area contributed by atoms with Crippen molar-refractivity contribution >= 4 is 27.2 Å². The van der Waals surface area contributed by atoms with Gasteiger partial charge in [0.2, 0.25) is 27.2 Å². The molecule has 244 valence electrons. The topological polar surface area (TPSA) is 83.9 Å². The number of anilines is 2. The first-order chi connectivity index (χ1) is 20.2. The van der Waals surface area contributed by atoms with Crippen LogP contribution in [0.2, 0.25) is 0 Å². The number of hydrogen-bond donors (Lipinski definition) is 1. The number of hydrogen-bond acceptors (Lipinski definition) is 5. The largest absolute Gasteiger partial charge is 0.492 e. The van der Waals surface area contributed by atoms with Crippen LogP contribution in [0.25, 0.3) is 0 Å². The molecule has 0 saturated heterocycles. The van der Waals surface area contributed by atoms with Crippen LogP contribution in [0, 0.1) is 17.2 Å². The molecule has 0 unspecified atom stereocenters. The van der Waals surface area contributed by atoms with Gasteiger partial charge in [-0.3, -0.25) is 4.79 Å². The van der Waals surface area contributed by atoms with Crippen molar-refractivity contribution < 1.29 is 62.6 Å². The highest BCUT2D eigenvalue weighted by Crippen LogP contribution is 2.49. The van der Waals surface area contributed by atoms with Gasteiger partial charge in [0.1, 0.15) is 23.6 Å². The molecular formula is C28H28F9NO5S. The predicted molar refractivity (Wildman–Crippen MR) is 139 cm³/mol. The summed E-state index contributed by atoms with van der Waals surface area (Å²) in [6, 6.07) is 4.72. The maximum atomic E-state index is 15.7. The smallest absolute Gasteiger partial charge is 0.420 e. The number of rotatable bonds is 8. The van der Waals surface area contributed by atoms with Crippen molar-refractivity contribution in [2.45, 2.75) is 73.9 Å². The maximum Gasteiger partial charge on any atom is 0.420 e. The number of carboxylic acid groups (broad SMARTS) is 1. The Morgan fingerprint density at radius 3 is 2.16 bits per heavy atom. The van der Waals surface area contributed by atoms with Crippen molar-refractivity contribution in [1.29, 1.82) is 0 Å². The summed E-state index contributed by atoms with van der Waals surface area (Å²) in [4.78, 5) is 12.0. The first kappa shape index (κ1) is 33.7. The summed E-state index contributed by atoms with van der Waals surface area (Å²) in [6.07, 6.45) is -9.91. The van der Waals surface area contributed by atoms with Crippen molar-refractivity contribution in [3.8, 4) is 5.75 Å². The Morgan fingerprint density at radius 2 is 1.64 bits per heavy atom. The molecule has 1 N–H and O–H groups in total. The molecule has 0 amide bonds. The Kier molecular flexibility index (Phi) is 8.92. The first-order valence-corrected chi connectivity index (χ1v) is 15.0. The van der Waals surface area contributed by atoms with Gasteiger partial charge in [0, 0.05) is 43.5 Å². The Bertz CT molecular complexity index is 1480. The molecule has 4 rings (SSSR count). The van der Waals surface area contributed by atoms with E-state index in [1.54, 1.807) is 0 Å². The normalized spacial score (nSPS) is 23.0. The van der Waals surface area contributed by atoms with E-state index >= 15 is 4.39 Å². The van der Waals surface area contributed by atoms with E-state index in [1.165, 1.54) is 0 Å². The van der Waals surface area contributed by atoms with Crippen LogP contribution >= 0.6 is 0 Å². The van der Waals surface area contributed by atoms with Crippen LogP contribution in [-0.2, 0) is 20.8 Å². The molecule has 2 aromatic carbocycles. The van der Waals surface area contributed by atoms with Crippen LogP contribution in [0.5, 0.6) is 5.75 Å². The fraction of sp³-hybridized carbons (Fsp3) is 0.536. The van der Waals surface area contributed by atoms with E-state index < -0.39 is 130 Å². The van der Waals surface area contributed by atoms with Crippen LogP contribution in [0.3, 0.4) is 0 Å². The van der Waals surface area contributed by atoms with E-state index in [0.717, 1.165) is 29.2 Å². The molecule has 1 heterocycles. The van der Waals surface area contributed by atoms with Crippen LogP contribution in [0.4, 0.5) is 50.9 Å². The van der Waals surface area contributed by atoms with E-state index in [9.17, 15) is 53.4 Å². The average Bonchev–Trinajstić information content (AvgIpc) is 2.99. The highest BCUT2D eigenvalue weighted by Gasteiger charge is 2.50. The van der Waals surface area contributed by atoms with Crippen LogP contribution in [0.15, 0.2) is 41.3 Å². The second-order valence-corrected chi connectivity index (χ2v) is 13.4. The third-order valence-electron chi connectivity index (χ3n) is 8.04. The van der Waals surface area contributed by atoms with Gasteiger partial charge >= 0.3 is 12.1 Å². The molecule has 0 aromatic heterocycles. The van der Waals surface area contributed by atoms with Crippen molar-refractivity contribution in [3.63, 3.8) is 0 Å². The summed E-state index contributed by atoms with van der Waals surface area (Å²) in [5.74, 6) is -11.7. The van der Waals surface area contributed by atoms with Gasteiger partial charge in [-0.25, -0.2) is 34.8 Å². The standard InChI is InChI=1S/C28H28F9NO5S/c1-25(31,32)7-6-16-14-38(18-4-2-17(29)3-5-18)20-12-19(28(35,36)37)21(13-22(20)44(41,42)23(16)30)43-15-26(24(39)40)8-10-27(33,34)11-9-26/h2-5,12-13,16,23H,6-11,14-15H2,1H3,(H,39,40)/t16-,23+/m1/s1. The lowest BCUT2D eigenvalue weighted by Gasteiger charge is -2.36. The molecule has 0 bridgehead atoms. The van der Waals surface area contributed by atoms with E-state index in [-0.39, 0.29) is 5.69 Å². The number of sulfone groups is 1. The third-order valence-corrected chi connectivity index (χ3v) is 9.95. The number of halogens is 9. The van der Waals surface area contributed by atoms with Gasteiger partial charge < -0.3 is 14.7 Å². The van der Waals surface area contributed by atoms with Crippen molar-refractivity contribution in [2.75, 3.05) is 18.1 Å². The lowest BCUT2D eigenvalue weighted by molar-refractivity contribution is -0.160. The Balaban J connectivity index is 1.86. The molecule has 6 nitrogen and oxygen atoms in total. The third kappa shape index (κ3) is 7.04. The van der Waals surface area contributed by atoms with Crippen molar-refractivity contribution in [3.05, 3.63) is 47.8 Å². The molecular weight excluding hydrogens is 633 g/mol. The molecule has 1 fully saturated rings. The zero-order chi connectivity index (χ0) is 32.9. The maximum absolute atomic E-state index is 15.7. The van der Waals surface area contributed by atoms with E-state index in [1.807, 2.05) is 0 Å². The van der Waals surface area contributed by atoms with Gasteiger partial charge in [-0.1, -0.05) is 0 Å². The predicted octanol–water partition coefficient (Wildman–Crippen LogP) is 7.78. The first-order valence-electron chi connectivity index (χ1n) is 13.4. The van der Waals surface area contributed by atoms with E-state index in [2.05, 4.69) is 0 Å². The van der Waals surface area contributed by atoms with Gasteiger partial charge in [0.25, 0.3) is 0 Å². The summed E-state index contributed by atoms with van der Waals surface area (Å²) in [5, 5.41) is 9.75. The molecule has 16 heteroatoms. The lowest BCUT2D eigenvalue weighted by atomic mass is 9.73. The fourth-order valence-corrected chi connectivity index (χ4v) is 7.08. The highest BCUT2D eigenvalue weighted by atomic mass is 32.2. The van der Waals surface area contributed by atoms with Crippen LogP contribution < -0.4 is 9.64 Å². The zero-order valence-electron chi connectivity index (χ0n) is 23.1. The number of nitrogens with zero attached hydrogens (tertiary/aromatic N) is 1. The minimum Gasteiger partial charge on any atom is -0.492 e. The molecule has 2 atom stereocenters. The van der Waals surface area contributed by atoms with Gasteiger partial charge in [-0.05, 0) is 56.5 Å². The summed E-state index contributed by atoms with van der Waals surface area (Å²) in [5.41, 5.74) is -7.23. The summed E-state index contributed by atoms with van der Waals surface area (Å²) in [7, 11) is -5.19. The monoisotopic (exact) mass is 661 g/mol. The number of ether oxygens (including phenoxy) is 1. The Morgan fingerprint density at radius 1 is 1.05 bits per heavy atom. The van der Waals surface area contributed by atoms with E-state index in [4.69, 9.17) is 4.74 Å². The quantitative estimate of drug-likeness (QED) is 0.291. The van der Waals surface area contributed by atoms with E-state index in [0.29, 0.717) is 19.1 Å². The minimum absolute atomic E-state index is 0.0695. The molecule has 44 heavy (non-hydrogen) atoms. The van der Waals surface area contributed by atoms with Crippen LogP contribution in [0.1, 0.15) is 51.0 Å². The van der Waals surface area contributed by atoms with Gasteiger partial charge in [0.05, 0.1) is 16.1 Å². The number of carboxylic acids is 1. The zero-order valence-corrected chi connectivity index (χ0v) is 23.9. The molecule has 1 saturated carbocycles. The summed E-state index contributed by atoms with van der Waals surface area (Å²) >= 11 is 0. The molecule has 0 radical (unpaired) electrons. The second-order valence-electron chi connectivity index (χ2n) is 11.4. The highest BCUT2D eigenvalue weighted by molar-refractivity contribution is 7.92. The number of fused-ring (bicyclic) bond motifs is 1. The fourth-order valence-electron chi connectivity index (χ4n) is 5.38. The molecule has 2 aliphatic rings. The Hall–Kier alpha value is -3.17. The summed E-state index contributed by atoms with van der Waals surface area (Å²) in [6.45, 7) is -1.17. The van der Waals surface area contributed by atoms with Gasteiger partial charge in [0.15, 0.2) is 0 Å². The van der Waals surface area contributed by atoms with Gasteiger partial charge in [-0.2, -0.15) is 13.2 Å². The lowest BCUT2D eigenvalue weighted by Crippen LogP contribution is -2.43. The molecule has 1 aliphatic heterocycles. The number of carbonyl (C=O) groups is 1. The Labute approximate surface area is 246 Å². The van der Waals surface area contributed by atoms with Crippen molar-refractivity contribution in [1.82, 2.24) is 0 Å². The molecule has 2 aromatic rings. The average molecular weight is 662 g/mol. The van der Waals surface area contributed by atoms with Crippen LogP contribution in [-0.4, -0.2) is 50.0 Å². The minimum atomic E-state index is -5.25. The molecule has 0 spiro atoms. The second kappa shape index (κ2) is 11.6. The van der Waals surface area contributed by atoms with Gasteiger partial charge in [-0.15, -0.1) is 0 Å². The summed E-state index contributed by atoms with van der Waals surface area (Å²) < 4.78 is 160. The number of alkyl halides is 8. The number of aliphatic carboxylic acids is 1. The number of benzene rings is 2. The van der Waals surface area contributed by atoms with Crippen molar-refractivity contribution in [2.24, 2.45) is 11.3 Å².